The Kier molecular flexibility index (Phi) is 7.49. The Bertz CT molecular complexity index is 512. The first-order valence-electron chi connectivity index (χ1n) is 8.82. The maximum Gasteiger partial charge on any atom is 0.253 e. The van der Waals surface area contributed by atoms with Crippen molar-refractivity contribution in [2.24, 2.45) is 17.2 Å². The molecule has 2 aliphatic rings. The maximum atomic E-state index is 12.2. The zero-order valence-corrected chi connectivity index (χ0v) is 14.8. The molecule has 0 aromatic carbocycles. The highest BCUT2D eigenvalue weighted by molar-refractivity contribution is 5.89. The van der Waals surface area contributed by atoms with Crippen molar-refractivity contribution in [1.29, 1.82) is 0 Å². The molecule has 0 aromatic rings. The van der Waals surface area contributed by atoms with E-state index >= 15 is 0 Å². The van der Waals surface area contributed by atoms with Gasteiger partial charge in [-0.2, -0.15) is 0 Å². The lowest BCUT2D eigenvalue weighted by atomic mass is 9.97. The van der Waals surface area contributed by atoms with Gasteiger partial charge in [0.25, 0.3) is 5.91 Å². The Morgan fingerprint density at radius 3 is 2.41 bits per heavy atom. The van der Waals surface area contributed by atoms with E-state index in [0.29, 0.717) is 0 Å². The van der Waals surface area contributed by atoms with Gasteiger partial charge in [0.1, 0.15) is 24.4 Å². The summed E-state index contributed by atoms with van der Waals surface area (Å²) in [5, 5.41) is 51.6. The second kappa shape index (κ2) is 9.05. The summed E-state index contributed by atoms with van der Waals surface area (Å²) in [6, 6.07) is -2.62. The van der Waals surface area contributed by atoms with Crippen molar-refractivity contribution in [3.63, 3.8) is 0 Å². The number of nitrogens with one attached hydrogen (secondary N) is 1. The van der Waals surface area contributed by atoms with E-state index in [2.05, 4.69) is 5.32 Å². The molecule has 12 heteroatoms. The van der Waals surface area contributed by atoms with Crippen LogP contribution in [0.25, 0.3) is 0 Å². The molecular weight excluding hydrogens is 364 g/mol. The zero-order valence-electron chi connectivity index (χ0n) is 14.8. The monoisotopic (exact) mass is 394 g/mol. The third-order valence-corrected chi connectivity index (χ3v) is 5.05. The van der Waals surface area contributed by atoms with Gasteiger partial charge in [0.15, 0.2) is 11.9 Å². The van der Waals surface area contributed by atoms with E-state index in [-0.39, 0.29) is 19.4 Å². The first kappa shape index (κ1) is 22.4. The van der Waals surface area contributed by atoms with Gasteiger partial charge in [-0.1, -0.05) is 0 Å². The van der Waals surface area contributed by atoms with Crippen molar-refractivity contribution in [2.75, 3.05) is 19.8 Å². The van der Waals surface area contributed by atoms with E-state index in [0.717, 1.165) is 0 Å². The van der Waals surface area contributed by atoms with Crippen LogP contribution >= 0.6 is 0 Å². The normalized spacial score (nSPS) is 41.0. The fourth-order valence-corrected chi connectivity index (χ4v) is 3.03. The third-order valence-electron chi connectivity index (χ3n) is 5.05. The number of carbonyl (C=O) groups excluding carboxylic acids is 1. The smallest absolute Gasteiger partial charge is 0.253 e. The lowest BCUT2D eigenvalue weighted by molar-refractivity contribution is -0.293. The van der Waals surface area contributed by atoms with Crippen LogP contribution in [-0.2, 0) is 14.3 Å². The van der Waals surface area contributed by atoms with Crippen LogP contribution in [0.15, 0.2) is 0 Å². The summed E-state index contributed by atoms with van der Waals surface area (Å²) in [5.74, 6) is -0.707. The summed E-state index contributed by atoms with van der Waals surface area (Å²) in [6.45, 7) is -0.983. The first-order valence-corrected chi connectivity index (χ1v) is 8.82. The van der Waals surface area contributed by atoms with E-state index in [4.69, 9.17) is 26.7 Å². The Morgan fingerprint density at radius 1 is 1.30 bits per heavy atom. The van der Waals surface area contributed by atoms with Crippen molar-refractivity contribution in [3.8, 4) is 0 Å². The van der Waals surface area contributed by atoms with E-state index in [1.54, 1.807) is 0 Å². The van der Waals surface area contributed by atoms with Gasteiger partial charge in [-0.15, -0.1) is 0 Å². The summed E-state index contributed by atoms with van der Waals surface area (Å²) in [4.78, 5) is 12.2. The molecule has 0 spiro atoms. The molecule has 0 aromatic heterocycles. The van der Waals surface area contributed by atoms with Gasteiger partial charge in [0.05, 0.1) is 25.3 Å². The minimum Gasteiger partial charge on any atom is -0.394 e. The van der Waals surface area contributed by atoms with E-state index < -0.39 is 73.6 Å². The average molecular weight is 394 g/mol. The fraction of sp³-hybridized carbons (Fsp3) is 0.933. The van der Waals surface area contributed by atoms with Gasteiger partial charge in [-0.3, -0.25) is 4.79 Å². The molecule has 2 unspecified atom stereocenters. The molecule has 12 nitrogen and oxygen atoms in total. The van der Waals surface area contributed by atoms with Crippen LogP contribution in [-0.4, -0.2) is 106 Å². The summed E-state index contributed by atoms with van der Waals surface area (Å²) in [5.41, 5.74) is 15.2. The van der Waals surface area contributed by atoms with Gasteiger partial charge in [-0.05, 0) is 13.0 Å². The molecule has 158 valence electrons. The number of amides is 1. The standard InChI is InChI=1S/C15H30N4O8/c16-2-1-6(19-14(24)15(25)3-9(15)17)7(4-20)26-13-12(23)10(18)11(22)8(5-21)27-13/h6-13,20-23,25H,1-5,16-18H2,(H,19,24)/t6-,7-,8-,9?,10+,11-,12-,13+,15?/m1/s1. The topological polar surface area (TPSA) is 227 Å². The highest BCUT2D eigenvalue weighted by Crippen LogP contribution is 2.34. The van der Waals surface area contributed by atoms with Gasteiger partial charge in [0, 0.05) is 12.5 Å². The van der Waals surface area contributed by atoms with Crippen molar-refractivity contribution >= 4 is 5.91 Å². The lowest BCUT2D eigenvalue weighted by Gasteiger charge is -2.42. The summed E-state index contributed by atoms with van der Waals surface area (Å²) in [6.07, 6.45) is -5.92. The van der Waals surface area contributed by atoms with E-state index in [1.165, 1.54) is 0 Å². The predicted octanol–water partition coefficient (Wildman–Crippen LogP) is -5.57. The third kappa shape index (κ3) is 4.74. The van der Waals surface area contributed by atoms with Crippen LogP contribution in [0.2, 0.25) is 0 Å². The lowest BCUT2D eigenvalue weighted by Crippen LogP contribution is -2.64. The van der Waals surface area contributed by atoms with Crippen molar-refractivity contribution in [2.45, 2.75) is 67.3 Å². The Hall–Kier alpha value is -0.930. The number of ether oxygens (including phenoxy) is 2. The summed E-state index contributed by atoms with van der Waals surface area (Å²) >= 11 is 0. The van der Waals surface area contributed by atoms with E-state index in [9.17, 15) is 30.3 Å². The minimum atomic E-state index is -1.66. The predicted molar refractivity (Wildman–Crippen MR) is 90.8 cm³/mol. The average Bonchev–Trinajstić information content (AvgIpc) is 3.27. The Morgan fingerprint density at radius 2 is 1.93 bits per heavy atom. The summed E-state index contributed by atoms with van der Waals surface area (Å²) < 4.78 is 10.9. The molecule has 1 heterocycles. The second-order valence-corrected chi connectivity index (χ2v) is 7.03. The molecule has 1 amide bonds. The van der Waals surface area contributed by atoms with Crippen LogP contribution in [0.1, 0.15) is 12.8 Å². The first-order chi connectivity index (χ1) is 12.7. The van der Waals surface area contributed by atoms with Gasteiger partial charge in [-0.25, -0.2) is 0 Å². The molecule has 1 aliphatic carbocycles. The summed E-state index contributed by atoms with van der Waals surface area (Å²) in [7, 11) is 0. The largest absolute Gasteiger partial charge is 0.394 e. The number of nitrogens with two attached hydrogens (primary N) is 3. The number of carbonyl (C=O) groups is 1. The molecule has 0 bridgehead atoms. The van der Waals surface area contributed by atoms with Gasteiger partial charge in [0.2, 0.25) is 0 Å². The molecule has 2 fully saturated rings. The molecule has 2 rings (SSSR count). The quantitative estimate of drug-likeness (QED) is 0.179. The molecule has 12 N–H and O–H groups in total. The molecule has 27 heavy (non-hydrogen) atoms. The molecule has 1 saturated carbocycles. The molecule has 1 saturated heterocycles. The second-order valence-electron chi connectivity index (χ2n) is 7.03. The SMILES string of the molecule is NCC[C@@H](NC(=O)C1(O)CC1N)[C@@H](CO)O[C@H]1O[C@H](CO)[C@@H](O)[C@H](N)[C@H]1O. The zero-order chi connectivity index (χ0) is 20.4. The highest BCUT2D eigenvalue weighted by Gasteiger charge is 2.57. The van der Waals surface area contributed by atoms with Crippen LogP contribution < -0.4 is 22.5 Å². The van der Waals surface area contributed by atoms with Gasteiger partial charge >= 0.3 is 0 Å². The van der Waals surface area contributed by atoms with Crippen LogP contribution in [0.3, 0.4) is 0 Å². The molecule has 0 radical (unpaired) electrons. The van der Waals surface area contributed by atoms with Crippen LogP contribution in [0.5, 0.6) is 0 Å². The van der Waals surface area contributed by atoms with Gasteiger partial charge < -0.3 is 57.5 Å². The Balaban J connectivity index is 2.06. The van der Waals surface area contributed by atoms with E-state index in [1.807, 2.05) is 0 Å². The molecular formula is C15H30N4O8. The van der Waals surface area contributed by atoms with Crippen LogP contribution in [0.4, 0.5) is 0 Å². The molecule has 9 atom stereocenters. The fourth-order valence-electron chi connectivity index (χ4n) is 3.03. The number of hydrogen-bond acceptors (Lipinski definition) is 11. The number of aliphatic hydroxyl groups excluding tert-OH is 4. The minimum absolute atomic E-state index is 0.119. The number of hydrogen-bond donors (Lipinski definition) is 9. The molecule has 1 aliphatic heterocycles. The number of aliphatic hydroxyl groups is 5. The number of rotatable bonds is 9. The van der Waals surface area contributed by atoms with Crippen molar-refractivity contribution in [3.05, 3.63) is 0 Å². The van der Waals surface area contributed by atoms with Crippen molar-refractivity contribution < 1.29 is 39.8 Å². The van der Waals surface area contributed by atoms with Crippen molar-refractivity contribution in [1.82, 2.24) is 5.32 Å². The maximum absolute atomic E-state index is 12.2. The highest BCUT2D eigenvalue weighted by atomic mass is 16.7. The van der Waals surface area contributed by atoms with Crippen LogP contribution in [0, 0.1) is 0 Å². The Labute approximate surface area is 156 Å².